The quantitative estimate of drug-likeness (QED) is 0.574. The van der Waals surface area contributed by atoms with Crippen LogP contribution in [0.1, 0.15) is 25.5 Å². The number of carbonyl (C=O) groups excluding carboxylic acids is 2. The molecule has 0 saturated carbocycles. The maximum atomic E-state index is 11.7. The summed E-state index contributed by atoms with van der Waals surface area (Å²) >= 11 is 0. The van der Waals surface area contributed by atoms with Gasteiger partial charge in [-0.2, -0.15) is 0 Å². The second kappa shape index (κ2) is 6.70. The van der Waals surface area contributed by atoms with Crippen LogP contribution in [0.25, 0.3) is 0 Å². The number of amides is 1. The third-order valence-corrected chi connectivity index (χ3v) is 2.37. The number of nitrogens with zero attached hydrogens (tertiary/aromatic N) is 1. The molecule has 0 aliphatic rings. The van der Waals surface area contributed by atoms with Crippen LogP contribution in [0.3, 0.4) is 0 Å². The summed E-state index contributed by atoms with van der Waals surface area (Å²) < 4.78 is 4.67. The number of hydrogen-bond acceptors (Lipinski definition) is 5. The molecule has 0 bridgehead atoms. The van der Waals surface area contributed by atoms with Crippen molar-refractivity contribution in [2.24, 2.45) is 5.73 Å². The smallest absolute Gasteiger partial charge is 0.332 e. The molecule has 0 aliphatic carbocycles. The Balaban J connectivity index is 2.57. The fraction of sp³-hybridized carbons (Fsp3) is 0.417. The molecule has 6 nitrogen and oxygen atoms in total. The normalized spacial score (nSPS) is 13.5. The minimum absolute atomic E-state index is 0.192. The first kappa shape index (κ1) is 14.1. The third kappa shape index (κ3) is 3.81. The molecule has 0 aromatic carbocycles. The van der Waals surface area contributed by atoms with E-state index in [1.807, 2.05) is 6.07 Å². The second-order valence-corrected chi connectivity index (χ2v) is 3.75. The number of aromatic nitrogens is 1. The molecule has 6 heteroatoms. The Morgan fingerprint density at radius 2 is 2.28 bits per heavy atom. The van der Waals surface area contributed by atoms with Crippen molar-refractivity contribution in [1.82, 2.24) is 10.3 Å². The zero-order valence-electron chi connectivity index (χ0n) is 10.4. The van der Waals surface area contributed by atoms with E-state index in [1.54, 1.807) is 32.3 Å². The molecule has 0 aliphatic heterocycles. The highest BCUT2D eigenvalue weighted by atomic mass is 16.5. The van der Waals surface area contributed by atoms with Crippen LogP contribution >= 0.6 is 0 Å². The number of esters is 1. The van der Waals surface area contributed by atoms with Gasteiger partial charge >= 0.3 is 5.97 Å². The van der Waals surface area contributed by atoms with Crippen LogP contribution in [0.5, 0.6) is 0 Å². The average molecular weight is 251 g/mol. The van der Waals surface area contributed by atoms with E-state index >= 15 is 0 Å². The highest BCUT2D eigenvalue weighted by molar-refractivity contribution is 6.01. The van der Waals surface area contributed by atoms with Crippen LogP contribution < -0.4 is 11.1 Å². The summed E-state index contributed by atoms with van der Waals surface area (Å²) in [5, 5.41) is 2.63. The molecule has 98 valence electrons. The number of ether oxygens (including phenoxy) is 1. The van der Waals surface area contributed by atoms with Gasteiger partial charge in [-0.25, -0.2) is 4.79 Å². The van der Waals surface area contributed by atoms with E-state index in [2.05, 4.69) is 15.0 Å². The maximum absolute atomic E-state index is 11.7. The second-order valence-electron chi connectivity index (χ2n) is 3.75. The van der Waals surface area contributed by atoms with E-state index in [-0.39, 0.29) is 12.6 Å². The molecular formula is C12H17N3O3. The number of rotatable bonds is 5. The minimum atomic E-state index is -1.30. The van der Waals surface area contributed by atoms with E-state index in [9.17, 15) is 9.59 Å². The molecule has 0 fully saturated rings. The number of nitrogens with one attached hydrogen (secondary N) is 1. The van der Waals surface area contributed by atoms with Crippen molar-refractivity contribution in [3.63, 3.8) is 0 Å². The van der Waals surface area contributed by atoms with E-state index in [1.165, 1.54) is 0 Å². The first-order valence-electron chi connectivity index (χ1n) is 5.68. The van der Waals surface area contributed by atoms with Crippen molar-refractivity contribution in [1.29, 1.82) is 0 Å². The van der Waals surface area contributed by atoms with Gasteiger partial charge in [0.1, 0.15) is 0 Å². The Kier molecular flexibility index (Phi) is 5.26. The summed E-state index contributed by atoms with van der Waals surface area (Å²) in [5.74, 6) is -1.29. The number of nitrogens with two attached hydrogens (primary N) is 1. The van der Waals surface area contributed by atoms with Gasteiger partial charge in [-0.15, -0.1) is 0 Å². The lowest BCUT2D eigenvalue weighted by Crippen LogP contribution is -2.47. The summed E-state index contributed by atoms with van der Waals surface area (Å²) in [6, 6.07) is 2.02. The standard InChI is InChI=1S/C12H17N3O3/c1-3-18-12(17)10(13)11(16)15-8(2)9-5-4-6-14-7-9/h4-8,10H,3,13H2,1-2H3,(H,15,16)/t8-,10?/m0/s1. The molecular weight excluding hydrogens is 234 g/mol. The van der Waals surface area contributed by atoms with Crippen molar-refractivity contribution in [2.75, 3.05) is 6.61 Å². The average Bonchev–Trinajstić information content (AvgIpc) is 2.39. The number of pyridine rings is 1. The Labute approximate surface area is 106 Å². The lowest BCUT2D eigenvalue weighted by atomic mass is 10.1. The van der Waals surface area contributed by atoms with Gasteiger partial charge in [0.25, 0.3) is 0 Å². The molecule has 2 atom stereocenters. The lowest BCUT2D eigenvalue weighted by molar-refractivity contribution is -0.148. The van der Waals surface area contributed by atoms with Crippen molar-refractivity contribution in [3.8, 4) is 0 Å². The molecule has 1 heterocycles. The Morgan fingerprint density at radius 3 is 2.83 bits per heavy atom. The fourth-order valence-electron chi connectivity index (χ4n) is 1.36. The molecule has 3 N–H and O–H groups in total. The summed E-state index contributed by atoms with van der Waals surface area (Å²) in [5.41, 5.74) is 6.31. The van der Waals surface area contributed by atoms with Crippen LogP contribution in [-0.2, 0) is 14.3 Å². The Hall–Kier alpha value is -1.95. The van der Waals surface area contributed by atoms with Crippen LogP contribution in [-0.4, -0.2) is 29.5 Å². The molecule has 1 aromatic rings. The first-order valence-corrected chi connectivity index (χ1v) is 5.68. The van der Waals surface area contributed by atoms with Crippen LogP contribution in [0.15, 0.2) is 24.5 Å². The fourth-order valence-corrected chi connectivity index (χ4v) is 1.36. The summed E-state index contributed by atoms with van der Waals surface area (Å²) in [4.78, 5) is 26.9. The topological polar surface area (TPSA) is 94.3 Å². The van der Waals surface area contributed by atoms with Gasteiger partial charge in [0.05, 0.1) is 12.6 Å². The predicted molar refractivity (Wildman–Crippen MR) is 65.4 cm³/mol. The minimum Gasteiger partial charge on any atom is -0.464 e. The van der Waals surface area contributed by atoms with E-state index < -0.39 is 17.9 Å². The summed E-state index contributed by atoms with van der Waals surface area (Å²) in [6.07, 6.45) is 3.28. The molecule has 1 unspecified atom stereocenters. The van der Waals surface area contributed by atoms with Crippen LogP contribution in [0.4, 0.5) is 0 Å². The Morgan fingerprint density at radius 1 is 1.56 bits per heavy atom. The molecule has 0 radical (unpaired) electrons. The highest BCUT2D eigenvalue weighted by Gasteiger charge is 2.24. The van der Waals surface area contributed by atoms with E-state index in [0.717, 1.165) is 5.56 Å². The number of hydrogen-bond donors (Lipinski definition) is 2. The van der Waals surface area contributed by atoms with Gasteiger partial charge in [0.15, 0.2) is 6.04 Å². The van der Waals surface area contributed by atoms with Gasteiger partial charge < -0.3 is 15.8 Å². The first-order chi connectivity index (χ1) is 8.56. The maximum Gasteiger partial charge on any atom is 0.332 e. The summed E-state index contributed by atoms with van der Waals surface area (Å²) in [7, 11) is 0. The van der Waals surface area contributed by atoms with Crippen molar-refractivity contribution < 1.29 is 14.3 Å². The van der Waals surface area contributed by atoms with Crippen LogP contribution in [0, 0.1) is 0 Å². The number of carbonyl (C=O) groups is 2. The van der Waals surface area contributed by atoms with Crippen molar-refractivity contribution in [3.05, 3.63) is 30.1 Å². The molecule has 1 aromatic heterocycles. The Bertz CT molecular complexity index is 408. The van der Waals surface area contributed by atoms with E-state index in [0.29, 0.717) is 0 Å². The van der Waals surface area contributed by atoms with Gasteiger partial charge in [-0.1, -0.05) is 6.07 Å². The molecule has 1 rings (SSSR count). The molecule has 0 saturated heterocycles. The zero-order valence-corrected chi connectivity index (χ0v) is 10.4. The molecule has 1 amide bonds. The zero-order chi connectivity index (χ0) is 13.5. The molecule has 0 spiro atoms. The summed E-state index contributed by atoms with van der Waals surface area (Å²) in [6.45, 7) is 3.63. The van der Waals surface area contributed by atoms with E-state index in [4.69, 9.17) is 5.73 Å². The largest absolute Gasteiger partial charge is 0.464 e. The van der Waals surface area contributed by atoms with Gasteiger partial charge in [0, 0.05) is 12.4 Å². The lowest BCUT2D eigenvalue weighted by Gasteiger charge is -2.16. The van der Waals surface area contributed by atoms with Gasteiger partial charge in [0.2, 0.25) is 5.91 Å². The molecule has 18 heavy (non-hydrogen) atoms. The monoisotopic (exact) mass is 251 g/mol. The highest BCUT2D eigenvalue weighted by Crippen LogP contribution is 2.09. The van der Waals surface area contributed by atoms with Gasteiger partial charge in [-0.05, 0) is 25.5 Å². The van der Waals surface area contributed by atoms with Crippen molar-refractivity contribution in [2.45, 2.75) is 25.9 Å². The van der Waals surface area contributed by atoms with Gasteiger partial charge in [-0.3, -0.25) is 9.78 Å². The van der Waals surface area contributed by atoms with Crippen molar-refractivity contribution >= 4 is 11.9 Å². The van der Waals surface area contributed by atoms with Crippen LogP contribution in [0.2, 0.25) is 0 Å². The third-order valence-electron chi connectivity index (χ3n) is 2.37. The predicted octanol–water partition coefficient (Wildman–Crippen LogP) is 0.149. The SMILES string of the molecule is CCOC(=O)C(N)C(=O)N[C@@H](C)c1cccnc1.